The lowest BCUT2D eigenvalue weighted by Crippen LogP contribution is -2.05. The Morgan fingerprint density at radius 3 is 2.58 bits per heavy atom. The molecule has 5 nitrogen and oxygen atoms in total. The zero-order valence-corrected chi connectivity index (χ0v) is 19.6. The number of ether oxygens (including phenoxy) is 2. The van der Waals surface area contributed by atoms with Crippen molar-refractivity contribution >= 4 is 39.2 Å². The third kappa shape index (κ3) is 6.15. The lowest BCUT2D eigenvalue weighted by Gasteiger charge is -2.17. The lowest BCUT2D eigenvalue weighted by molar-refractivity contribution is 0.0697. The average Bonchev–Trinajstić information content (AvgIpc) is 2.72. The fraction of sp³-hybridized carbons (Fsp3) is 0.208. The third-order valence-electron chi connectivity index (χ3n) is 4.60. The van der Waals surface area contributed by atoms with Gasteiger partial charge in [-0.1, -0.05) is 23.7 Å². The number of hydrogen-bond acceptors (Lipinski definition) is 4. The number of halogens is 2. The minimum Gasteiger partial charge on any atom is -0.490 e. The average molecular weight is 505 g/mol. The lowest BCUT2D eigenvalue weighted by atomic mass is 10.1. The number of aryl methyl sites for hydroxylation is 1. The summed E-state index contributed by atoms with van der Waals surface area (Å²) in [5.74, 6) is 0.342. The highest BCUT2D eigenvalue weighted by molar-refractivity contribution is 9.10. The topological polar surface area (TPSA) is 67.8 Å². The fourth-order valence-corrected chi connectivity index (χ4v) is 3.92. The molecule has 0 radical (unpaired) electrons. The van der Waals surface area contributed by atoms with Crippen molar-refractivity contribution in [3.63, 3.8) is 0 Å². The van der Waals surface area contributed by atoms with E-state index in [-0.39, 0.29) is 5.56 Å². The molecule has 0 saturated heterocycles. The second-order valence-corrected chi connectivity index (χ2v) is 8.24. The predicted octanol–water partition coefficient (Wildman–Crippen LogP) is 6.70. The molecule has 0 spiro atoms. The summed E-state index contributed by atoms with van der Waals surface area (Å²) in [6.45, 7) is 5.22. The van der Waals surface area contributed by atoms with Crippen LogP contribution in [-0.4, -0.2) is 17.7 Å². The van der Waals surface area contributed by atoms with Crippen LogP contribution in [0.5, 0.6) is 11.5 Å². The van der Waals surface area contributed by atoms with Crippen molar-refractivity contribution in [3.8, 4) is 11.5 Å². The van der Waals surface area contributed by atoms with E-state index < -0.39 is 5.97 Å². The first-order chi connectivity index (χ1) is 14.9. The van der Waals surface area contributed by atoms with Crippen LogP contribution in [0.3, 0.4) is 0 Å². The normalized spacial score (nSPS) is 10.6. The van der Waals surface area contributed by atoms with Crippen molar-refractivity contribution in [1.29, 1.82) is 0 Å². The number of nitrogens with one attached hydrogen (secondary N) is 1. The van der Waals surface area contributed by atoms with E-state index >= 15 is 0 Å². The molecule has 0 aromatic heterocycles. The summed E-state index contributed by atoms with van der Waals surface area (Å²) in [5, 5.41) is 13.1. The highest BCUT2D eigenvalue weighted by Gasteiger charge is 2.13. The van der Waals surface area contributed by atoms with Crippen LogP contribution in [0.4, 0.5) is 5.69 Å². The van der Waals surface area contributed by atoms with Crippen LogP contribution in [-0.2, 0) is 13.2 Å². The highest BCUT2D eigenvalue weighted by Crippen LogP contribution is 2.38. The molecule has 0 heterocycles. The van der Waals surface area contributed by atoms with Gasteiger partial charge in [0.15, 0.2) is 11.5 Å². The Morgan fingerprint density at radius 1 is 1.10 bits per heavy atom. The van der Waals surface area contributed by atoms with Gasteiger partial charge in [0.1, 0.15) is 6.61 Å². The Hall–Kier alpha value is -2.70. The molecule has 0 aliphatic rings. The number of carbonyl (C=O) groups is 1. The number of carboxylic acid groups (broad SMARTS) is 1. The van der Waals surface area contributed by atoms with Crippen molar-refractivity contribution in [2.24, 2.45) is 0 Å². The van der Waals surface area contributed by atoms with Gasteiger partial charge in [-0.3, -0.25) is 0 Å². The van der Waals surface area contributed by atoms with E-state index in [9.17, 15) is 4.79 Å². The molecule has 0 amide bonds. The van der Waals surface area contributed by atoms with Crippen molar-refractivity contribution in [3.05, 3.63) is 86.3 Å². The van der Waals surface area contributed by atoms with Crippen LogP contribution in [0.25, 0.3) is 0 Å². The summed E-state index contributed by atoms with van der Waals surface area (Å²) in [7, 11) is 0. The van der Waals surface area contributed by atoms with Crippen molar-refractivity contribution < 1.29 is 19.4 Å². The summed E-state index contributed by atoms with van der Waals surface area (Å²) in [5.41, 5.74) is 3.97. The van der Waals surface area contributed by atoms with E-state index in [1.807, 2.05) is 50.2 Å². The number of carboxylic acids is 1. The Labute approximate surface area is 195 Å². The molecule has 0 atom stereocenters. The molecule has 3 aromatic rings. The van der Waals surface area contributed by atoms with Crippen LogP contribution in [0.1, 0.15) is 34.0 Å². The van der Waals surface area contributed by atoms with Crippen molar-refractivity contribution in [2.75, 3.05) is 11.9 Å². The van der Waals surface area contributed by atoms with E-state index in [2.05, 4.69) is 21.2 Å². The molecule has 7 heteroatoms. The summed E-state index contributed by atoms with van der Waals surface area (Å²) < 4.78 is 12.6. The van der Waals surface area contributed by atoms with E-state index in [1.165, 1.54) is 0 Å². The van der Waals surface area contributed by atoms with E-state index in [0.717, 1.165) is 26.9 Å². The predicted molar refractivity (Wildman–Crippen MR) is 127 cm³/mol. The van der Waals surface area contributed by atoms with E-state index in [0.29, 0.717) is 36.3 Å². The third-order valence-corrected chi connectivity index (χ3v) is 5.42. The molecule has 0 fully saturated rings. The molecule has 0 aliphatic heterocycles. The maximum atomic E-state index is 11.1. The minimum atomic E-state index is -0.937. The van der Waals surface area contributed by atoms with Gasteiger partial charge in [0.2, 0.25) is 0 Å². The molecular weight excluding hydrogens is 482 g/mol. The SMILES string of the molecule is CCOc1cc(CNc2ccc(C(=O)O)cc2C)cc(Br)c1OCc1cccc(Cl)c1. The van der Waals surface area contributed by atoms with Crippen molar-refractivity contribution in [1.82, 2.24) is 0 Å². The van der Waals surface area contributed by atoms with Crippen LogP contribution >= 0.6 is 27.5 Å². The van der Waals surface area contributed by atoms with Crippen molar-refractivity contribution in [2.45, 2.75) is 27.0 Å². The van der Waals surface area contributed by atoms with Gasteiger partial charge in [0.25, 0.3) is 0 Å². The molecule has 31 heavy (non-hydrogen) atoms. The van der Waals surface area contributed by atoms with Gasteiger partial charge in [0.05, 0.1) is 16.6 Å². The maximum absolute atomic E-state index is 11.1. The van der Waals surface area contributed by atoms with Crippen LogP contribution in [0, 0.1) is 6.92 Å². The smallest absolute Gasteiger partial charge is 0.335 e. The Bertz CT molecular complexity index is 1090. The van der Waals surface area contributed by atoms with E-state index in [1.54, 1.807) is 18.2 Å². The summed E-state index contributed by atoms with van der Waals surface area (Å²) >= 11 is 9.65. The Kier molecular flexibility index (Phi) is 7.82. The molecule has 0 saturated carbocycles. The molecule has 0 bridgehead atoms. The molecule has 162 valence electrons. The Morgan fingerprint density at radius 2 is 1.90 bits per heavy atom. The Balaban J connectivity index is 1.75. The van der Waals surface area contributed by atoms with Gasteiger partial charge >= 0.3 is 5.97 Å². The monoisotopic (exact) mass is 503 g/mol. The molecule has 2 N–H and O–H groups in total. The van der Waals surface area contributed by atoms with Crippen LogP contribution in [0.15, 0.2) is 59.1 Å². The summed E-state index contributed by atoms with van der Waals surface area (Å²) in [6.07, 6.45) is 0. The first-order valence-corrected chi connectivity index (χ1v) is 10.9. The first-order valence-electron chi connectivity index (χ1n) is 9.77. The second kappa shape index (κ2) is 10.6. The van der Waals surface area contributed by atoms with Gasteiger partial charge in [0, 0.05) is 17.3 Å². The molecule has 0 unspecified atom stereocenters. The number of hydrogen-bond donors (Lipinski definition) is 2. The first kappa shape index (κ1) is 23.0. The zero-order valence-electron chi connectivity index (χ0n) is 17.2. The number of benzene rings is 3. The standard InChI is InChI=1S/C24H23BrClNO4/c1-3-30-22-12-17(13-27-21-8-7-18(24(28)29)9-15(21)2)11-20(25)23(22)31-14-16-5-4-6-19(26)10-16/h4-12,27H,3,13-14H2,1-2H3,(H,28,29). The highest BCUT2D eigenvalue weighted by atomic mass is 79.9. The number of rotatable bonds is 9. The summed E-state index contributed by atoms with van der Waals surface area (Å²) in [4.78, 5) is 11.1. The van der Waals surface area contributed by atoms with Crippen LogP contribution in [0.2, 0.25) is 5.02 Å². The van der Waals surface area contributed by atoms with Gasteiger partial charge in [-0.25, -0.2) is 4.79 Å². The van der Waals surface area contributed by atoms with Crippen LogP contribution < -0.4 is 14.8 Å². The molecule has 3 aromatic carbocycles. The minimum absolute atomic E-state index is 0.269. The van der Waals surface area contributed by atoms with Gasteiger partial charge in [-0.15, -0.1) is 0 Å². The maximum Gasteiger partial charge on any atom is 0.335 e. The zero-order chi connectivity index (χ0) is 22.4. The number of aromatic carboxylic acids is 1. The van der Waals surface area contributed by atoms with Gasteiger partial charge in [-0.2, -0.15) is 0 Å². The summed E-state index contributed by atoms with van der Waals surface area (Å²) in [6, 6.07) is 16.5. The quantitative estimate of drug-likeness (QED) is 0.339. The second-order valence-electron chi connectivity index (χ2n) is 6.94. The molecule has 0 aliphatic carbocycles. The molecular formula is C24H23BrClNO4. The fourth-order valence-electron chi connectivity index (χ4n) is 3.10. The largest absolute Gasteiger partial charge is 0.490 e. The van der Waals surface area contributed by atoms with Gasteiger partial charge < -0.3 is 19.9 Å². The van der Waals surface area contributed by atoms with E-state index in [4.69, 9.17) is 26.2 Å². The van der Waals surface area contributed by atoms with Gasteiger partial charge in [-0.05, 0) is 88.9 Å². The molecule has 3 rings (SSSR count). The number of anilines is 1.